The molecule has 20 heavy (non-hydrogen) atoms. The van der Waals surface area contributed by atoms with Crippen molar-refractivity contribution in [3.63, 3.8) is 0 Å². The fourth-order valence-electron chi connectivity index (χ4n) is 2.68. The van der Waals surface area contributed by atoms with Gasteiger partial charge in [0.1, 0.15) is 5.75 Å². The predicted molar refractivity (Wildman–Crippen MR) is 88.4 cm³/mol. The van der Waals surface area contributed by atoms with Crippen molar-refractivity contribution in [3.05, 3.63) is 62.0 Å². The lowest BCUT2D eigenvalue weighted by molar-refractivity contribution is 0.351. The molecule has 0 saturated heterocycles. The number of halogens is 2. The number of para-hydroxylation sites is 1. The van der Waals surface area contributed by atoms with Gasteiger partial charge in [-0.1, -0.05) is 50.1 Å². The van der Waals surface area contributed by atoms with Crippen LogP contribution in [0, 0.1) is 0 Å². The molecule has 0 aromatic heterocycles. The monoisotopic (exact) mass is 395 g/mol. The standard InChI is InChI=1S/C16H15Br2NO/c1-19-15(13-9-11(17)5-6-14(13)18)12-4-2-3-10-7-8-20-16(10)12/h2-6,9,15,19H,7-8H2,1H3. The molecule has 0 fully saturated rings. The van der Waals surface area contributed by atoms with Gasteiger partial charge in [-0.3, -0.25) is 0 Å². The van der Waals surface area contributed by atoms with Crippen molar-refractivity contribution in [2.24, 2.45) is 0 Å². The molecule has 2 nitrogen and oxygen atoms in total. The lowest BCUT2D eigenvalue weighted by atomic mass is 9.96. The third-order valence-electron chi connectivity index (χ3n) is 3.61. The van der Waals surface area contributed by atoms with E-state index in [-0.39, 0.29) is 6.04 Å². The van der Waals surface area contributed by atoms with Crippen LogP contribution in [0.1, 0.15) is 22.7 Å². The quantitative estimate of drug-likeness (QED) is 0.827. The average Bonchev–Trinajstić information content (AvgIpc) is 2.92. The molecule has 1 atom stereocenters. The summed E-state index contributed by atoms with van der Waals surface area (Å²) in [5.41, 5.74) is 3.70. The Morgan fingerprint density at radius 2 is 2.00 bits per heavy atom. The van der Waals surface area contributed by atoms with Crippen LogP contribution < -0.4 is 10.1 Å². The first kappa shape index (κ1) is 14.1. The molecule has 3 rings (SSSR count). The van der Waals surface area contributed by atoms with Crippen molar-refractivity contribution >= 4 is 31.9 Å². The molecule has 1 N–H and O–H groups in total. The van der Waals surface area contributed by atoms with Gasteiger partial charge in [-0.2, -0.15) is 0 Å². The molecule has 1 heterocycles. The van der Waals surface area contributed by atoms with Crippen LogP contribution in [0.4, 0.5) is 0 Å². The molecule has 4 heteroatoms. The third kappa shape index (κ3) is 2.52. The SMILES string of the molecule is CNC(c1cc(Br)ccc1Br)c1cccc2c1OCC2. The first-order valence-electron chi connectivity index (χ1n) is 6.57. The minimum atomic E-state index is 0.106. The van der Waals surface area contributed by atoms with Gasteiger partial charge in [-0.05, 0) is 36.4 Å². The molecule has 2 aromatic rings. The predicted octanol–water partition coefficient (Wildman–Crippen LogP) is 4.46. The summed E-state index contributed by atoms with van der Waals surface area (Å²) in [7, 11) is 1.98. The molecule has 0 aliphatic carbocycles. The first-order chi connectivity index (χ1) is 9.70. The molecule has 2 aromatic carbocycles. The number of fused-ring (bicyclic) bond motifs is 1. The zero-order chi connectivity index (χ0) is 14.1. The van der Waals surface area contributed by atoms with E-state index < -0.39 is 0 Å². The van der Waals surface area contributed by atoms with E-state index in [1.54, 1.807) is 0 Å². The van der Waals surface area contributed by atoms with E-state index in [2.05, 4.69) is 67.5 Å². The van der Waals surface area contributed by atoms with Gasteiger partial charge in [0, 0.05) is 20.9 Å². The highest BCUT2D eigenvalue weighted by Crippen LogP contribution is 2.38. The fraction of sp³-hybridized carbons (Fsp3) is 0.250. The number of rotatable bonds is 3. The topological polar surface area (TPSA) is 21.3 Å². The third-order valence-corrected chi connectivity index (χ3v) is 4.83. The summed E-state index contributed by atoms with van der Waals surface area (Å²) in [4.78, 5) is 0. The summed E-state index contributed by atoms with van der Waals surface area (Å²) in [5.74, 6) is 1.04. The molecule has 1 unspecified atom stereocenters. The van der Waals surface area contributed by atoms with E-state index in [4.69, 9.17) is 4.74 Å². The van der Waals surface area contributed by atoms with Gasteiger partial charge in [-0.25, -0.2) is 0 Å². The van der Waals surface area contributed by atoms with Crippen molar-refractivity contribution in [1.82, 2.24) is 5.32 Å². The minimum Gasteiger partial charge on any atom is -0.493 e. The molecular weight excluding hydrogens is 382 g/mol. The summed E-state index contributed by atoms with van der Waals surface area (Å²) in [5, 5.41) is 3.40. The summed E-state index contributed by atoms with van der Waals surface area (Å²) >= 11 is 7.20. The fourth-order valence-corrected chi connectivity index (χ4v) is 3.54. The van der Waals surface area contributed by atoms with Crippen LogP contribution in [0.15, 0.2) is 45.3 Å². The van der Waals surface area contributed by atoms with Crippen LogP contribution in [0.2, 0.25) is 0 Å². The lowest BCUT2D eigenvalue weighted by Crippen LogP contribution is -2.19. The second-order valence-corrected chi connectivity index (χ2v) is 6.59. The molecule has 0 saturated carbocycles. The van der Waals surface area contributed by atoms with Gasteiger partial charge in [0.05, 0.1) is 12.6 Å². The summed E-state index contributed by atoms with van der Waals surface area (Å²) in [6, 6.07) is 12.7. The normalized spacial score (nSPS) is 14.8. The van der Waals surface area contributed by atoms with Gasteiger partial charge in [0.2, 0.25) is 0 Å². The van der Waals surface area contributed by atoms with Gasteiger partial charge in [0.25, 0.3) is 0 Å². The van der Waals surface area contributed by atoms with Crippen LogP contribution in [-0.2, 0) is 6.42 Å². The maximum Gasteiger partial charge on any atom is 0.127 e. The highest BCUT2D eigenvalue weighted by Gasteiger charge is 2.23. The van der Waals surface area contributed by atoms with Crippen molar-refractivity contribution in [2.45, 2.75) is 12.5 Å². The average molecular weight is 397 g/mol. The number of ether oxygens (including phenoxy) is 1. The van der Waals surface area contributed by atoms with Crippen molar-refractivity contribution < 1.29 is 4.74 Å². The van der Waals surface area contributed by atoms with Crippen LogP contribution in [-0.4, -0.2) is 13.7 Å². The smallest absolute Gasteiger partial charge is 0.127 e. The molecular formula is C16H15Br2NO. The minimum absolute atomic E-state index is 0.106. The van der Waals surface area contributed by atoms with E-state index in [1.807, 2.05) is 13.1 Å². The Balaban J connectivity index is 2.11. The molecule has 1 aliphatic rings. The largest absolute Gasteiger partial charge is 0.493 e. The van der Waals surface area contributed by atoms with Crippen LogP contribution >= 0.6 is 31.9 Å². The van der Waals surface area contributed by atoms with Crippen molar-refractivity contribution in [3.8, 4) is 5.75 Å². The van der Waals surface area contributed by atoms with Crippen LogP contribution in [0.3, 0.4) is 0 Å². The molecule has 0 bridgehead atoms. The Labute approximate surface area is 135 Å². The van der Waals surface area contributed by atoms with Gasteiger partial charge >= 0.3 is 0 Å². The molecule has 0 radical (unpaired) electrons. The van der Waals surface area contributed by atoms with E-state index in [0.29, 0.717) is 0 Å². The molecule has 0 spiro atoms. The van der Waals surface area contributed by atoms with Crippen molar-refractivity contribution in [1.29, 1.82) is 0 Å². The van der Waals surface area contributed by atoms with E-state index >= 15 is 0 Å². The summed E-state index contributed by atoms with van der Waals surface area (Å²) < 4.78 is 8.00. The lowest BCUT2D eigenvalue weighted by Gasteiger charge is -2.21. The zero-order valence-corrected chi connectivity index (χ0v) is 14.3. The van der Waals surface area contributed by atoms with Gasteiger partial charge in [-0.15, -0.1) is 0 Å². The number of hydrogen-bond donors (Lipinski definition) is 1. The van der Waals surface area contributed by atoms with Crippen molar-refractivity contribution in [2.75, 3.05) is 13.7 Å². The highest BCUT2D eigenvalue weighted by atomic mass is 79.9. The van der Waals surface area contributed by atoms with E-state index in [0.717, 1.165) is 27.7 Å². The van der Waals surface area contributed by atoms with E-state index in [1.165, 1.54) is 16.7 Å². The Morgan fingerprint density at radius 3 is 2.80 bits per heavy atom. The van der Waals surface area contributed by atoms with Crippen LogP contribution in [0.25, 0.3) is 0 Å². The Bertz CT molecular complexity index is 642. The van der Waals surface area contributed by atoms with Crippen LogP contribution in [0.5, 0.6) is 5.75 Å². The first-order valence-corrected chi connectivity index (χ1v) is 8.16. The Hall–Kier alpha value is -0.840. The van der Waals surface area contributed by atoms with E-state index in [9.17, 15) is 0 Å². The van der Waals surface area contributed by atoms with Gasteiger partial charge in [0.15, 0.2) is 0 Å². The maximum atomic E-state index is 5.84. The second kappa shape index (κ2) is 5.88. The summed E-state index contributed by atoms with van der Waals surface area (Å²) in [6.45, 7) is 0.780. The zero-order valence-electron chi connectivity index (χ0n) is 11.1. The molecule has 0 amide bonds. The molecule has 1 aliphatic heterocycles. The number of benzene rings is 2. The van der Waals surface area contributed by atoms with Gasteiger partial charge < -0.3 is 10.1 Å². The maximum absolute atomic E-state index is 5.84. The number of hydrogen-bond acceptors (Lipinski definition) is 2. The Morgan fingerprint density at radius 1 is 1.15 bits per heavy atom. The molecule has 104 valence electrons. The highest BCUT2D eigenvalue weighted by molar-refractivity contribution is 9.11. The summed E-state index contributed by atoms with van der Waals surface area (Å²) in [6.07, 6.45) is 0.999. The number of nitrogens with one attached hydrogen (secondary N) is 1. The Kier molecular flexibility index (Phi) is 4.15. The second-order valence-electron chi connectivity index (χ2n) is 4.82.